The fraction of sp³-hybridized carbons (Fsp3) is 0.286. The van der Waals surface area contributed by atoms with Gasteiger partial charge >= 0.3 is 0 Å². The van der Waals surface area contributed by atoms with E-state index in [-0.39, 0.29) is 5.92 Å². The molecule has 2 aromatic rings. The zero-order valence-electron chi connectivity index (χ0n) is 10.9. The summed E-state index contributed by atoms with van der Waals surface area (Å²) in [5.41, 5.74) is 1.84. The Morgan fingerprint density at radius 3 is 2.58 bits per heavy atom. The van der Waals surface area contributed by atoms with Crippen LogP contribution in [0.25, 0.3) is 0 Å². The van der Waals surface area contributed by atoms with Crippen molar-refractivity contribution in [3.05, 3.63) is 45.8 Å². The van der Waals surface area contributed by atoms with E-state index >= 15 is 0 Å². The van der Waals surface area contributed by atoms with Gasteiger partial charge in [0.2, 0.25) is 5.88 Å². The van der Waals surface area contributed by atoms with Crippen LogP contribution in [0, 0.1) is 6.92 Å². The van der Waals surface area contributed by atoms with Crippen molar-refractivity contribution >= 4 is 23.2 Å². The van der Waals surface area contributed by atoms with Gasteiger partial charge in [0.15, 0.2) is 0 Å². The van der Waals surface area contributed by atoms with E-state index < -0.39 is 0 Å². The fourth-order valence-corrected chi connectivity index (χ4v) is 2.22. The summed E-state index contributed by atoms with van der Waals surface area (Å²) in [4.78, 5) is 8.13. The summed E-state index contributed by atoms with van der Waals surface area (Å²) < 4.78 is 5.80. The van der Waals surface area contributed by atoms with E-state index in [4.69, 9.17) is 27.9 Å². The van der Waals surface area contributed by atoms with E-state index in [1.807, 2.05) is 32.9 Å². The minimum atomic E-state index is 0.160. The third-order valence-corrected chi connectivity index (χ3v) is 3.28. The molecule has 100 valence electrons. The SMILES string of the molecule is Cc1ccc(Cl)c(Oc2ncnc(Cl)c2C(C)C)c1. The lowest BCUT2D eigenvalue weighted by molar-refractivity contribution is 0.451. The molecule has 0 fully saturated rings. The average Bonchev–Trinajstić information content (AvgIpc) is 2.33. The Kier molecular flexibility index (Phi) is 4.27. The first kappa shape index (κ1) is 14.1. The largest absolute Gasteiger partial charge is 0.437 e. The average molecular weight is 297 g/mol. The first-order valence-corrected chi connectivity index (χ1v) is 6.69. The highest BCUT2D eigenvalue weighted by molar-refractivity contribution is 6.32. The number of rotatable bonds is 3. The molecule has 5 heteroatoms. The van der Waals surface area contributed by atoms with E-state index in [0.717, 1.165) is 11.1 Å². The van der Waals surface area contributed by atoms with Crippen molar-refractivity contribution in [1.82, 2.24) is 9.97 Å². The van der Waals surface area contributed by atoms with Crippen LogP contribution in [0.2, 0.25) is 10.2 Å². The number of benzene rings is 1. The molecule has 0 spiro atoms. The monoisotopic (exact) mass is 296 g/mol. The number of ether oxygens (including phenoxy) is 1. The summed E-state index contributed by atoms with van der Waals surface area (Å²) in [7, 11) is 0. The molecule has 3 nitrogen and oxygen atoms in total. The van der Waals surface area contributed by atoms with Crippen LogP contribution in [0.1, 0.15) is 30.9 Å². The van der Waals surface area contributed by atoms with Gasteiger partial charge in [-0.3, -0.25) is 0 Å². The summed E-state index contributed by atoms with van der Waals surface area (Å²) in [6.07, 6.45) is 1.38. The van der Waals surface area contributed by atoms with E-state index in [2.05, 4.69) is 9.97 Å². The summed E-state index contributed by atoms with van der Waals surface area (Å²) >= 11 is 12.2. The Morgan fingerprint density at radius 1 is 1.16 bits per heavy atom. The molecule has 19 heavy (non-hydrogen) atoms. The molecule has 0 saturated heterocycles. The van der Waals surface area contributed by atoms with Crippen molar-refractivity contribution in [2.24, 2.45) is 0 Å². The normalized spacial score (nSPS) is 10.8. The highest BCUT2D eigenvalue weighted by Crippen LogP contribution is 2.35. The second kappa shape index (κ2) is 5.76. The third kappa shape index (κ3) is 3.17. The Bertz CT molecular complexity index is 600. The number of aryl methyl sites for hydroxylation is 1. The van der Waals surface area contributed by atoms with Crippen molar-refractivity contribution in [1.29, 1.82) is 0 Å². The zero-order chi connectivity index (χ0) is 14.0. The van der Waals surface area contributed by atoms with Gasteiger partial charge in [-0.25, -0.2) is 9.97 Å². The molecule has 0 bridgehead atoms. The molecule has 0 aliphatic heterocycles. The molecule has 0 radical (unpaired) electrons. The van der Waals surface area contributed by atoms with Crippen molar-refractivity contribution in [3.8, 4) is 11.6 Å². The number of hydrogen-bond acceptors (Lipinski definition) is 3. The van der Waals surface area contributed by atoms with Gasteiger partial charge in [0.05, 0.1) is 10.6 Å². The minimum absolute atomic E-state index is 0.160. The molecule has 2 rings (SSSR count). The predicted octanol–water partition coefficient (Wildman–Crippen LogP) is 5.01. The van der Waals surface area contributed by atoms with Gasteiger partial charge in [-0.15, -0.1) is 0 Å². The Balaban J connectivity index is 2.44. The molecule has 0 aliphatic rings. The molecular formula is C14H14Cl2N2O. The molecule has 0 saturated carbocycles. The van der Waals surface area contributed by atoms with E-state index in [9.17, 15) is 0 Å². The molecule has 0 N–H and O–H groups in total. The zero-order valence-corrected chi connectivity index (χ0v) is 12.5. The first-order chi connectivity index (χ1) is 8.99. The Morgan fingerprint density at radius 2 is 1.89 bits per heavy atom. The maximum Gasteiger partial charge on any atom is 0.227 e. The van der Waals surface area contributed by atoms with Crippen LogP contribution in [-0.4, -0.2) is 9.97 Å². The van der Waals surface area contributed by atoms with E-state index in [0.29, 0.717) is 21.8 Å². The number of halogens is 2. The van der Waals surface area contributed by atoms with Gasteiger partial charge in [-0.2, -0.15) is 0 Å². The maximum atomic E-state index is 6.12. The van der Waals surface area contributed by atoms with Crippen molar-refractivity contribution in [3.63, 3.8) is 0 Å². The summed E-state index contributed by atoms with van der Waals surface area (Å²) in [6.45, 7) is 5.99. The molecule has 0 unspecified atom stereocenters. The number of nitrogens with zero attached hydrogens (tertiary/aromatic N) is 2. The smallest absolute Gasteiger partial charge is 0.227 e. The van der Waals surface area contributed by atoms with Gasteiger partial charge < -0.3 is 4.74 Å². The van der Waals surface area contributed by atoms with Crippen LogP contribution in [0.5, 0.6) is 11.6 Å². The van der Waals surface area contributed by atoms with Gasteiger partial charge in [0.25, 0.3) is 0 Å². The standard InChI is InChI=1S/C14H14Cl2N2O/c1-8(2)12-13(16)17-7-18-14(12)19-11-6-9(3)4-5-10(11)15/h4-8H,1-3H3. The molecular weight excluding hydrogens is 283 g/mol. The Hall–Kier alpha value is -1.32. The van der Waals surface area contributed by atoms with Crippen LogP contribution in [0.4, 0.5) is 0 Å². The fourth-order valence-electron chi connectivity index (χ4n) is 1.72. The lowest BCUT2D eigenvalue weighted by atomic mass is 10.1. The van der Waals surface area contributed by atoms with Crippen LogP contribution >= 0.6 is 23.2 Å². The van der Waals surface area contributed by atoms with E-state index in [1.54, 1.807) is 6.07 Å². The molecule has 0 aliphatic carbocycles. The van der Waals surface area contributed by atoms with Crippen molar-refractivity contribution < 1.29 is 4.74 Å². The lowest BCUT2D eigenvalue weighted by Crippen LogP contribution is -2.00. The second-order valence-corrected chi connectivity index (χ2v) is 5.34. The van der Waals surface area contributed by atoms with Gasteiger partial charge in [-0.05, 0) is 30.5 Å². The second-order valence-electron chi connectivity index (χ2n) is 4.57. The van der Waals surface area contributed by atoms with Crippen LogP contribution < -0.4 is 4.74 Å². The van der Waals surface area contributed by atoms with Crippen LogP contribution in [0.3, 0.4) is 0 Å². The lowest BCUT2D eigenvalue weighted by Gasteiger charge is -2.14. The molecule has 1 heterocycles. The highest BCUT2D eigenvalue weighted by atomic mass is 35.5. The maximum absolute atomic E-state index is 6.12. The van der Waals surface area contributed by atoms with Crippen molar-refractivity contribution in [2.75, 3.05) is 0 Å². The Labute approximate surface area is 122 Å². The predicted molar refractivity (Wildman–Crippen MR) is 77.4 cm³/mol. The highest BCUT2D eigenvalue weighted by Gasteiger charge is 2.16. The van der Waals surface area contributed by atoms with Gasteiger partial charge in [-0.1, -0.05) is 43.1 Å². The molecule has 0 atom stereocenters. The summed E-state index contributed by atoms with van der Waals surface area (Å²) in [5, 5.41) is 0.943. The molecule has 0 amide bonds. The van der Waals surface area contributed by atoms with Crippen molar-refractivity contribution in [2.45, 2.75) is 26.7 Å². The van der Waals surface area contributed by atoms with Crippen LogP contribution in [-0.2, 0) is 0 Å². The number of aromatic nitrogens is 2. The number of hydrogen-bond donors (Lipinski definition) is 0. The topological polar surface area (TPSA) is 35.0 Å². The first-order valence-electron chi connectivity index (χ1n) is 5.93. The quantitative estimate of drug-likeness (QED) is 0.747. The minimum Gasteiger partial charge on any atom is -0.437 e. The van der Waals surface area contributed by atoms with Gasteiger partial charge in [0.1, 0.15) is 17.2 Å². The van der Waals surface area contributed by atoms with E-state index in [1.165, 1.54) is 6.33 Å². The summed E-state index contributed by atoms with van der Waals surface area (Å²) in [5.74, 6) is 1.17. The molecule has 1 aromatic carbocycles. The molecule has 1 aromatic heterocycles. The van der Waals surface area contributed by atoms with Gasteiger partial charge in [0, 0.05) is 0 Å². The summed E-state index contributed by atoms with van der Waals surface area (Å²) in [6, 6.07) is 5.58. The van der Waals surface area contributed by atoms with Crippen LogP contribution in [0.15, 0.2) is 24.5 Å². The third-order valence-electron chi connectivity index (χ3n) is 2.67.